The van der Waals surface area contributed by atoms with Crippen LogP contribution in [0.1, 0.15) is 82.6 Å². The number of aliphatic hydroxyl groups is 1. The van der Waals surface area contributed by atoms with Gasteiger partial charge in [-0.05, 0) is 43.6 Å². The van der Waals surface area contributed by atoms with E-state index >= 15 is 0 Å². The lowest BCUT2D eigenvalue weighted by atomic mass is 9.76. The van der Waals surface area contributed by atoms with E-state index in [9.17, 15) is 5.11 Å². The van der Waals surface area contributed by atoms with E-state index in [1.807, 2.05) is 0 Å². The zero-order chi connectivity index (χ0) is 17.1. The van der Waals surface area contributed by atoms with Crippen LogP contribution in [0.2, 0.25) is 0 Å². The molecule has 1 N–H and O–H groups in total. The van der Waals surface area contributed by atoms with Crippen molar-refractivity contribution in [3.8, 4) is 0 Å². The predicted octanol–water partition coefficient (Wildman–Crippen LogP) is 6.51. The number of benzene rings is 1. The van der Waals surface area contributed by atoms with Crippen LogP contribution < -0.4 is 0 Å². The van der Waals surface area contributed by atoms with Crippen LogP contribution in [0.5, 0.6) is 0 Å². The number of unbranched alkanes of at least 4 members (excludes halogenated alkanes) is 4. The molecule has 0 amide bonds. The average Bonchev–Trinajstić information content (AvgIpc) is 2.59. The van der Waals surface area contributed by atoms with Gasteiger partial charge in [-0.15, -0.1) is 11.6 Å². The minimum absolute atomic E-state index is 0.393. The Bertz CT molecular complexity index is 425. The van der Waals surface area contributed by atoms with Gasteiger partial charge in [-0.3, -0.25) is 0 Å². The van der Waals surface area contributed by atoms with Crippen molar-refractivity contribution in [3.63, 3.8) is 0 Å². The monoisotopic (exact) mass is 350 g/mol. The van der Waals surface area contributed by atoms with Gasteiger partial charge in [0.1, 0.15) is 0 Å². The minimum Gasteiger partial charge on any atom is -0.390 e. The second-order valence-corrected chi connectivity index (χ2v) is 8.17. The van der Waals surface area contributed by atoms with Gasteiger partial charge in [0.2, 0.25) is 0 Å². The predicted molar refractivity (Wildman–Crippen MR) is 105 cm³/mol. The fourth-order valence-corrected chi connectivity index (χ4v) is 4.42. The summed E-state index contributed by atoms with van der Waals surface area (Å²) in [5.41, 5.74) is 1.03. The van der Waals surface area contributed by atoms with Crippen molar-refractivity contribution >= 4 is 11.6 Å². The number of rotatable bonds is 11. The Hall–Kier alpha value is -0.530. The van der Waals surface area contributed by atoms with E-state index in [0.29, 0.717) is 5.92 Å². The van der Waals surface area contributed by atoms with E-state index in [1.165, 1.54) is 56.9 Å². The van der Waals surface area contributed by atoms with Crippen molar-refractivity contribution < 1.29 is 5.11 Å². The van der Waals surface area contributed by atoms with E-state index in [2.05, 4.69) is 30.3 Å². The number of hydrogen-bond donors (Lipinski definition) is 1. The molecule has 0 saturated heterocycles. The maximum absolute atomic E-state index is 11.0. The summed E-state index contributed by atoms with van der Waals surface area (Å²) in [4.78, 5) is 0. The first-order valence-corrected chi connectivity index (χ1v) is 10.6. The van der Waals surface area contributed by atoms with Crippen LogP contribution >= 0.6 is 11.6 Å². The molecule has 0 radical (unpaired) electrons. The Morgan fingerprint density at radius 3 is 2.29 bits per heavy atom. The lowest BCUT2D eigenvalue weighted by Crippen LogP contribution is -2.34. The van der Waals surface area contributed by atoms with Crippen LogP contribution in [-0.4, -0.2) is 16.6 Å². The molecular weight excluding hydrogens is 316 g/mol. The molecule has 0 aliphatic heterocycles. The summed E-state index contributed by atoms with van der Waals surface area (Å²) in [6.45, 7) is 0. The van der Waals surface area contributed by atoms with Gasteiger partial charge in [0.05, 0.1) is 5.60 Å². The van der Waals surface area contributed by atoms with E-state index < -0.39 is 5.60 Å². The summed E-state index contributed by atoms with van der Waals surface area (Å²) in [5, 5.41) is 11.0. The molecule has 136 valence electrons. The summed E-state index contributed by atoms with van der Waals surface area (Å²) >= 11 is 5.75. The van der Waals surface area contributed by atoms with Crippen LogP contribution in [0.25, 0.3) is 0 Å². The third-order valence-electron chi connectivity index (χ3n) is 5.57. The summed E-state index contributed by atoms with van der Waals surface area (Å²) in [6, 6.07) is 10.8. The fraction of sp³-hybridized carbons (Fsp3) is 0.727. The van der Waals surface area contributed by atoms with Crippen LogP contribution in [0, 0.1) is 5.92 Å². The average molecular weight is 351 g/mol. The molecule has 1 aromatic carbocycles. The highest BCUT2D eigenvalue weighted by Gasteiger charge is 2.31. The second-order valence-electron chi connectivity index (χ2n) is 7.79. The van der Waals surface area contributed by atoms with Gasteiger partial charge in [0.25, 0.3) is 0 Å². The largest absolute Gasteiger partial charge is 0.390 e. The summed E-state index contributed by atoms with van der Waals surface area (Å²) in [7, 11) is 0. The van der Waals surface area contributed by atoms with Crippen LogP contribution in [-0.2, 0) is 6.42 Å². The maximum Gasteiger partial charge on any atom is 0.0650 e. The highest BCUT2D eigenvalue weighted by atomic mass is 35.5. The molecular formula is C22H35ClO. The molecule has 1 unspecified atom stereocenters. The highest BCUT2D eigenvalue weighted by Crippen LogP contribution is 2.36. The molecule has 24 heavy (non-hydrogen) atoms. The Balaban J connectivity index is 1.83. The maximum atomic E-state index is 11.0. The molecule has 1 fully saturated rings. The smallest absolute Gasteiger partial charge is 0.0650 e. The quantitative estimate of drug-likeness (QED) is 0.356. The molecule has 0 bridgehead atoms. The molecule has 1 saturated carbocycles. The van der Waals surface area contributed by atoms with Crippen molar-refractivity contribution in [1.82, 2.24) is 0 Å². The molecule has 1 atom stereocenters. The van der Waals surface area contributed by atoms with Crippen molar-refractivity contribution in [1.29, 1.82) is 0 Å². The second kappa shape index (κ2) is 11.2. The first-order chi connectivity index (χ1) is 11.7. The molecule has 1 nitrogen and oxygen atoms in total. The lowest BCUT2D eigenvalue weighted by Gasteiger charge is -2.35. The Labute approximate surface area is 153 Å². The lowest BCUT2D eigenvalue weighted by molar-refractivity contribution is -0.0188. The van der Waals surface area contributed by atoms with Crippen molar-refractivity contribution in [3.05, 3.63) is 35.9 Å². The molecule has 0 aromatic heterocycles. The Kier molecular flexibility index (Phi) is 9.20. The zero-order valence-electron chi connectivity index (χ0n) is 15.2. The molecule has 1 aromatic rings. The van der Waals surface area contributed by atoms with Crippen LogP contribution in [0.3, 0.4) is 0 Å². The number of alkyl halides is 1. The summed E-state index contributed by atoms with van der Waals surface area (Å²) in [5.74, 6) is 1.41. The molecule has 1 aliphatic rings. The SMILES string of the molecule is OC1(CC(CCCCCCCCl)Cc2ccccc2)CCCCC1. The van der Waals surface area contributed by atoms with Gasteiger partial charge < -0.3 is 5.11 Å². The first kappa shape index (κ1) is 19.8. The highest BCUT2D eigenvalue weighted by molar-refractivity contribution is 6.17. The standard InChI is InChI=1S/C22H35ClO/c23-17-11-3-1-2-6-14-21(18-20-12-7-4-8-13-20)19-22(24)15-9-5-10-16-22/h4,7-8,12-13,21,24H,1-3,5-6,9-11,14-19H2. The van der Waals surface area contributed by atoms with E-state index in [0.717, 1.165) is 38.0 Å². The van der Waals surface area contributed by atoms with E-state index in [4.69, 9.17) is 11.6 Å². The minimum atomic E-state index is -0.393. The van der Waals surface area contributed by atoms with Crippen LogP contribution in [0.15, 0.2) is 30.3 Å². The van der Waals surface area contributed by atoms with Crippen molar-refractivity contribution in [2.75, 3.05) is 5.88 Å². The molecule has 1 aliphatic carbocycles. The van der Waals surface area contributed by atoms with Gasteiger partial charge >= 0.3 is 0 Å². The van der Waals surface area contributed by atoms with E-state index in [1.54, 1.807) is 0 Å². The molecule has 2 rings (SSSR count). The van der Waals surface area contributed by atoms with E-state index in [-0.39, 0.29) is 0 Å². The van der Waals surface area contributed by atoms with Crippen molar-refractivity contribution in [2.24, 2.45) is 5.92 Å². The summed E-state index contributed by atoms with van der Waals surface area (Å²) < 4.78 is 0. The molecule has 0 spiro atoms. The third kappa shape index (κ3) is 7.57. The Morgan fingerprint density at radius 2 is 1.58 bits per heavy atom. The Morgan fingerprint density at radius 1 is 0.917 bits per heavy atom. The van der Waals surface area contributed by atoms with Gasteiger partial charge in [0, 0.05) is 5.88 Å². The van der Waals surface area contributed by atoms with Gasteiger partial charge in [-0.2, -0.15) is 0 Å². The third-order valence-corrected chi connectivity index (χ3v) is 5.83. The van der Waals surface area contributed by atoms with Crippen molar-refractivity contribution in [2.45, 2.75) is 89.1 Å². The normalized spacial score (nSPS) is 18.4. The molecule has 0 heterocycles. The first-order valence-electron chi connectivity index (χ1n) is 10.0. The number of halogens is 1. The van der Waals surface area contributed by atoms with Crippen LogP contribution in [0.4, 0.5) is 0 Å². The fourth-order valence-electron chi connectivity index (χ4n) is 4.23. The van der Waals surface area contributed by atoms with Gasteiger partial charge in [0.15, 0.2) is 0 Å². The summed E-state index contributed by atoms with van der Waals surface area (Å²) in [6.07, 6.45) is 15.4. The zero-order valence-corrected chi connectivity index (χ0v) is 15.9. The van der Waals surface area contributed by atoms with Gasteiger partial charge in [-0.25, -0.2) is 0 Å². The molecule has 2 heteroatoms. The number of hydrogen-bond acceptors (Lipinski definition) is 1. The van der Waals surface area contributed by atoms with Gasteiger partial charge in [-0.1, -0.05) is 81.7 Å². The topological polar surface area (TPSA) is 20.2 Å².